The lowest BCUT2D eigenvalue weighted by atomic mass is 9.97. The van der Waals surface area contributed by atoms with Crippen LogP contribution in [0.25, 0.3) is 0 Å². The van der Waals surface area contributed by atoms with Gasteiger partial charge in [0, 0.05) is 19.6 Å². The zero-order valence-electron chi connectivity index (χ0n) is 16.4. The van der Waals surface area contributed by atoms with Crippen molar-refractivity contribution >= 4 is 12.0 Å². The van der Waals surface area contributed by atoms with Crippen LogP contribution in [0.4, 0.5) is 9.18 Å². The molecule has 0 aliphatic carbocycles. The average molecular weight is 400 g/mol. The summed E-state index contributed by atoms with van der Waals surface area (Å²) in [4.78, 5) is 26.0. The highest BCUT2D eigenvalue weighted by molar-refractivity contribution is 5.80. The molecule has 1 heterocycles. The number of halogens is 1. The number of hydrogen-bond acceptors (Lipinski definition) is 4. The molecule has 0 aromatic heterocycles. The number of rotatable bonds is 6. The maximum Gasteiger partial charge on any atom is 0.409 e. The molecule has 6 nitrogen and oxygen atoms in total. The molecule has 1 unspecified atom stereocenters. The van der Waals surface area contributed by atoms with E-state index in [0.717, 1.165) is 18.4 Å². The number of carbonyl (C=O) groups is 2. The fraction of sp³-hybridized carbons (Fsp3) is 0.364. The number of piperidine rings is 1. The number of benzene rings is 2. The second kappa shape index (κ2) is 9.91. The Hall–Kier alpha value is -3.09. The first-order valence-electron chi connectivity index (χ1n) is 9.77. The van der Waals surface area contributed by atoms with Crippen molar-refractivity contribution in [1.82, 2.24) is 10.2 Å². The molecule has 1 fully saturated rings. The lowest BCUT2D eigenvalue weighted by Gasteiger charge is -2.31. The van der Waals surface area contributed by atoms with Gasteiger partial charge < -0.3 is 19.7 Å². The second-order valence-corrected chi connectivity index (χ2v) is 6.90. The first kappa shape index (κ1) is 20.6. The van der Waals surface area contributed by atoms with Gasteiger partial charge in [-0.3, -0.25) is 4.79 Å². The van der Waals surface area contributed by atoms with Gasteiger partial charge in [-0.2, -0.15) is 0 Å². The highest BCUT2D eigenvalue weighted by Crippen LogP contribution is 2.22. The van der Waals surface area contributed by atoms with E-state index in [9.17, 15) is 14.0 Å². The third kappa shape index (κ3) is 5.94. The van der Waals surface area contributed by atoms with Crippen molar-refractivity contribution in [3.05, 3.63) is 59.9 Å². The minimum Gasteiger partial charge on any atom is -0.457 e. The van der Waals surface area contributed by atoms with Gasteiger partial charge in [0.15, 0.2) is 0 Å². The van der Waals surface area contributed by atoms with Crippen molar-refractivity contribution < 1.29 is 23.5 Å². The summed E-state index contributed by atoms with van der Waals surface area (Å²) >= 11 is 0. The van der Waals surface area contributed by atoms with E-state index in [2.05, 4.69) is 5.32 Å². The van der Waals surface area contributed by atoms with Crippen LogP contribution in [0.5, 0.6) is 11.5 Å². The molecule has 2 aromatic carbocycles. The molecule has 1 N–H and O–H groups in total. The summed E-state index contributed by atoms with van der Waals surface area (Å²) in [5.41, 5.74) is 0.933. The predicted octanol–water partition coefficient (Wildman–Crippen LogP) is 4.10. The lowest BCUT2D eigenvalue weighted by Crippen LogP contribution is -2.45. The summed E-state index contributed by atoms with van der Waals surface area (Å²) in [7, 11) is 0. The molecule has 1 aliphatic heterocycles. The Labute approximate surface area is 169 Å². The molecule has 3 rings (SSSR count). The highest BCUT2D eigenvalue weighted by Gasteiger charge is 2.28. The van der Waals surface area contributed by atoms with Gasteiger partial charge in [-0.15, -0.1) is 0 Å². The Morgan fingerprint density at radius 2 is 1.76 bits per heavy atom. The predicted molar refractivity (Wildman–Crippen MR) is 106 cm³/mol. The zero-order chi connectivity index (χ0) is 20.6. The Kier molecular flexibility index (Phi) is 7.05. The van der Waals surface area contributed by atoms with Crippen LogP contribution in [0.1, 0.15) is 25.3 Å². The molecule has 1 saturated heterocycles. The van der Waals surface area contributed by atoms with E-state index in [0.29, 0.717) is 37.7 Å². The van der Waals surface area contributed by atoms with Crippen LogP contribution in [0.3, 0.4) is 0 Å². The Balaban J connectivity index is 1.48. The smallest absolute Gasteiger partial charge is 0.409 e. The van der Waals surface area contributed by atoms with Crippen LogP contribution >= 0.6 is 0 Å². The maximum atomic E-state index is 12.9. The molecular weight excluding hydrogens is 375 g/mol. The Bertz CT molecular complexity index is 824. The summed E-state index contributed by atoms with van der Waals surface area (Å²) in [5, 5.41) is 2.94. The molecule has 154 valence electrons. The number of ether oxygens (including phenoxy) is 2. The molecule has 1 aliphatic rings. The Morgan fingerprint density at radius 1 is 1.10 bits per heavy atom. The molecule has 0 saturated carbocycles. The largest absolute Gasteiger partial charge is 0.457 e. The van der Waals surface area contributed by atoms with Crippen molar-refractivity contribution in [2.75, 3.05) is 19.7 Å². The summed E-state index contributed by atoms with van der Waals surface area (Å²) in [6, 6.07) is 13.1. The molecular formula is C22H25FN2O4. The van der Waals surface area contributed by atoms with Gasteiger partial charge in [0.25, 0.3) is 0 Å². The third-order valence-corrected chi connectivity index (χ3v) is 4.76. The fourth-order valence-corrected chi connectivity index (χ4v) is 3.22. The van der Waals surface area contributed by atoms with Crippen LogP contribution in [0.2, 0.25) is 0 Å². The lowest BCUT2D eigenvalue weighted by molar-refractivity contribution is -0.126. The fourth-order valence-electron chi connectivity index (χ4n) is 3.22. The number of hydrogen-bond donors (Lipinski definition) is 1. The first-order chi connectivity index (χ1) is 14.0. The monoisotopic (exact) mass is 400 g/mol. The van der Waals surface area contributed by atoms with Crippen LogP contribution in [-0.2, 0) is 16.1 Å². The first-order valence-corrected chi connectivity index (χ1v) is 9.77. The molecule has 0 spiro atoms. The number of nitrogens with zero attached hydrogens (tertiary/aromatic N) is 1. The minimum absolute atomic E-state index is 0.0642. The topological polar surface area (TPSA) is 67.9 Å². The highest BCUT2D eigenvalue weighted by atomic mass is 19.1. The number of amides is 2. The number of nitrogens with one attached hydrogen (secondary N) is 1. The van der Waals surface area contributed by atoms with Crippen molar-refractivity contribution in [3.63, 3.8) is 0 Å². The molecule has 0 bridgehead atoms. The zero-order valence-corrected chi connectivity index (χ0v) is 16.4. The standard InChI is InChI=1S/C22H25FN2O4/c1-2-28-22(27)25-13-3-4-17(15-25)21(26)24-14-16-5-9-19(10-6-16)29-20-11-7-18(23)8-12-20/h5-12,17H,2-4,13-15H2,1H3,(H,24,26). The summed E-state index contributed by atoms with van der Waals surface area (Å²) in [6.45, 7) is 3.49. The van der Waals surface area contributed by atoms with E-state index in [4.69, 9.17) is 9.47 Å². The van der Waals surface area contributed by atoms with E-state index in [-0.39, 0.29) is 23.7 Å². The molecule has 7 heteroatoms. The quantitative estimate of drug-likeness (QED) is 0.793. The van der Waals surface area contributed by atoms with Gasteiger partial charge in [0.2, 0.25) is 5.91 Å². The van der Waals surface area contributed by atoms with E-state index in [1.54, 1.807) is 36.1 Å². The molecule has 29 heavy (non-hydrogen) atoms. The summed E-state index contributed by atoms with van der Waals surface area (Å²) in [5.74, 6) is 0.576. The van der Waals surface area contributed by atoms with Gasteiger partial charge in [-0.05, 0) is 61.7 Å². The van der Waals surface area contributed by atoms with E-state index in [1.807, 2.05) is 12.1 Å². The van der Waals surface area contributed by atoms with Crippen LogP contribution < -0.4 is 10.1 Å². The van der Waals surface area contributed by atoms with E-state index >= 15 is 0 Å². The SMILES string of the molecule is CCOC(=O)N1CCCC(C(=O)NCc2ccc(Oc3ccc(F)cc3)cc2)C1. The minimum atomic E-state index is -0.359. The average Bonchev–Trinajstić information content (AvgIpc) is 2.75. The summed E-state index contributed by atoms with van der Waals surface area (Å²) < 4.78 is 23.6. The number of likely N-dealkylation sites (tertiary alicyclic amines) is 1. The van der Waals surface area contributed by atoms with Crippen LogP contribution in [0, 0.1) is 11.7 Å². The van der Waals surface area contributed by atoms with Crippen molar-refractivity contribution in [2.45, 2.75) is 26.3 Å². The van der Waals surface area contributed by atoms with Gasteiger partial charge in [0.05, 0.1) is 12.5 Å². The van der Waals surface area contributed by atoms with Crippen LogP contribution in [-0.4, -0.2) is 36.6 Å². The molecule has 0 radical (unpaired) electrons. The van der Waals surface area contributed by atoms with Gasteiger partial charge in [-0.1, -0.05) is 12.1 Å². The van der Waals surface area contributed by atoms with Gasteiger partial charge >= 0.3 is 6.09 Å². The molecule has 2 amide bonds. The van der Waals surface area contributed by atoms with E-state index < -0.39 is 0 Å². The van der Waals surface area contributed by atoms with Crippen molar-refractivity contribution in [2.24, 2.45) is 5.92 Å². The van der Waals surface area contributed by atoms with Gasteiger partial charge in [-0.25, -0.2) is 9.18 Å². The van der Waals surface area contributed by atoms with Crippen LogP contribution in [0.15, 0.2) is 48.5 Å². The summed E-state index contributed by atoms with van der Waals surface area (Å²) in [6.07, 6.45) is 1.18. The molecule has 1 atom stereocenters. The normalized spacial score (nSPS) is 16.2. The second-order valence-electron chi connectivity index (χ2n) is 6.90. The van der Waals surface area contributed by atoms with E-state index in [1.165, 1.54) is 12.1 Å². The van der Waals surface area contributed by atoms with Crippen molar-refractivity contribution in [3.8, 4) is 11.5 Å². The molecule has 2 aromatic rings. The maximum absolute atomic E-state index is 12.9. The third-order valence-electron chi connectivity index (χ3n) is 4.76. The number of carbonyl (C=O) groups excluding carboxylic acids is 2. The van der Waals surface area contributed by atoms with Gasteiger partial charge in [0.1, 0.15) is 17.3 Å². The van der Waals surface area contributed by atoms with Crippen molar-refractivity contribution in [1.29, 1.82) is 0 Å². The Morgan fingerprint density at radius 3 is 2.41 bits per heavy atom.